The van der Waals surface area contributed by atoms with Gasteiger partial charge in [0.25, 0.3) is 0 Å². The molecule has 0 unspecified atom stereocenters. The number of ether oxygens (including phenoxy) is 1. The maximum atomic E-state index is 12.5. The highest BCUT2D eigenvalue weighted by atomic mass is 16.5. The number of anilines is 1. The Bertz CT molecular complexity index is 710. The van der Waals surface area contributed by atoms with Crippen LogP contribution in [0.4, 0.5) is 5.95 Å². The number of carbonyl (C=O) groups excluding carboxylic acids is 1. The minimum absolute atomic E-state index is 0.0971. The number of aromatic nitrogens is 2. The molecule has 0 spiro atoms. The summed E-state index contributed by atoms with van der Waals surface area (Å²) in [6.07, 6.45) is 3.24. The van der Waals surface area contributed by atoms with Gasteiger partial charge in [-0.15, -0.1) is 0 Å². The lowest BCUT2D eigenvalue weighted by atomic mass is 10.1. The Hall–Kier alpha value is -2.63. The van der Waals surface area contributed by atoms with Gasteiger partial charge in [-0.2, -0.15) is 0 Å². The SMILES string of the molecule is COc1cnc(N2CCN(Cc3cc(C)cc(C)c3)C(=O)C2)nc1. The van der Waals surface area contributed by atoms with Crippen LogP contribution in [0.5, 0.6) is 5.75 Å². The van der Waals surface area contributed by atoms with Crippen LogP contribution in [-0.2, 0) is 11.3 Å². The Morgan fingerprint density at radius 2 is 1.75 bits per heavy atom. The van der Waals surface area contributed by atoms with Crippen LogP contribution in [0.2, 0.25) is 0 Å². The highest BCUT2D eigenvalue weighted by Gasteiger charge is 2.25. The first-order valence-corrected chi connectivity index (χ1v) is 8.01. The molecular weight excluding hydrogens is 304 g/mol. The van der Waals surface area contributed by atoms with Crippen LogP contribution in [0.15, 0.2) is 30.6 Å². The van der Waals surface area contributed by atoms with Crippen LogP contribution in [-0.4, -0.2) is 47.5 Å². The van der Waals surface area contributed by atoms with Crippen LogP contribution < -0.4 is 9.64 Å². The summed E-state index contributed by atoms with van der Waals surface area (Å²) in [5, 5.41) is 0. The van der Waals surface area contributed by atoms with Gasteiger partial charge in [-0.25, -0.2) is 9.97 Å². The molecule has 6 heteroatoms. The molecule has 0 bridgehead atoms. The maximum Gasteiger partial charge on any atom is 0.242 e. The van der Waals surface area contributed by atoms with Crippen molar-refractivity contribution in [1.82, 2.24) is 14.9 Å². The second-order valence-corrected chi connectivity index (χ2v) is 6.16. The van der Waals surface area contributed by atoms with Gasteiger partial charge in [0, 0.05) is 19.6 Å². The number of hydrogen-bond acceptors (Lipinski definition) is 5. The summed E-state index contributed by atoms with van der Waals surface area (Å²) in [5.74, 6) is 1.27. The minimum Gasteiger partial charge on any atom is -0.494 e. The van der Waals surface area contributed by atoms with Crippen molar-refractivity contribution >= 4 is 11.9 Å². The first-order chi connectivity index (χ1) is 11.5. The van der Waals surface area contributed by atoms with Crippen LogP contribution >= 0.6 is 0 Å². The number of carbonyl (C=O) groups is 1. The Labute approximate surface area is 142 Å². The molecule has 1 fully saturated rings. The molecule has 24 heavy (non-hydrogen) atoms. The third kappa shape index (κ3) is 3.64. The van der Waals surface area contributed by atoms with E-state index < -0.39 is 0 Å². The Morgan fingerprint density at radius 1 is 1.08 bits per heavy atom. The molecule has 6 nitrogen and oxygen atoms in total. The minimum atomic E-state index is 0.0971. The Balaban J connectivity index is 1.65. The van der Waals surface area contributed by atoms with Crippen molar-refractivity contribution in [1.29, 1.82) is 0 Å². The van der Waals surface area contributed by atoms with Gasteiger partial charge in [0.2, 0.25) is 11.9 Å². The van der Waals surface area contributed by atoms with Gasteiger partial charge in [0.15, 0.2) is 5.75 Å². The van der Waals surface area contributed by atoms with Crippen molar-refractivity contribution in [3.8, 4) is 5.75 Å². The number of nitrogens with zero attached hydrogens (tertiary/aromatic N) is 4. The fourth-order valence-electron chi connectivity index (χ4n) is 3.01. The lowest BCUT2D eigenvalue weighted by Gasteiger charge is -2.34. The largest absolute Gasteiger partial charge is 0.494 e. The summed E-state index contributed by atoms with van der Waals surface area (Å²) in [6.45, 7) is 6.51. The van der Waals surface area contributed by atoms with Crippen molar-refractivity contribution in [3.63, 3.8) is 0 Å². The van der Waals surface area contributed by atoms with E-state index in [1.807, 2.05) is 9.80 Å². The summed E-state index contributed by atoms with van der Waals surface area (Å²) in [4.78, 5) is 24.8. The monoisotopic (exact) mass is 326 g/mol. The zero-order valence-corrected chi connectivity index (χ0v) is 14.3. The predicted octanol–water partition coefficient (Wildman–Crippen LogP) is 1.95. The van der Waals surface area contributed by atoms with E-state index in [0.717, 1.165) is 6.54 Å². The van der Waals surface area contributed by atoms with Crippen LogP contribution in [0.3, 0.4) is 0 Å². The van der Waals surface area contributed by atoms with E-state index in [-0.39, 0.29) is 5.91 Å². The van der Waals surface area contributed by atoms with E-state index in [1.54, 1.807) is 19.5 Å². The molecule has 0 N–H and O–H groups in total. The lowest BCUT2D eigenvalue weighted by molar-refractivity contribution is -0.131. The van der Waals surface area contributed by atoms with E-state index in [1.165, 1.54) is 16.7 Å². The van der Waals surface area contributed by atoms with Crippen molar-refractivity contribution in [2.45, 2.75) is 20.4 Å². The molecule has 1 aliphatic rings. The van der Waals surface area contributed by atoms with Crippen LogP contribution in [0, 0.1) is 13.8 Å². The lowest BCUT2D eigenvalue weighted by Crippen LogP contribution is -2.50. The molecule has 1 aliphatic heterocycles. The molecular formula is C18H22N4O2. The molecule has 1 aromatic heterocycles. The number of piperazine rings is 1. The van der Waals surface area contributed by atoms with Gasteiger partial charge in [0.05, 0.1) is 19.5 Å². The van der Waals surface area contributed by atoms with Gasteiger partial charge in [-0.1, -0.05) is 29.3 Å². The molecule has 2 heterocycles. The number of benzene rings is 1. The fourth-order valence-corrected chi connectivity index (χ4v) is 3.01. The molecule has 126 valence electrons. The molecule has 1 aromatic carbocycles. The van der Waals surface area contributed by atoms with Crippen molar-refractivity contribution in [3.05, 3.63) is 47.3 Å². The van der Waals surface area contributed by atoms with E-state index in [2.05, 4.69) is 42.0 Å². The van der Waals surface area contributed by atoms with Crippen molar-refractivity contribution in [2.24, 2.45) is 0 Å². The zero-order chi connectivity index (χ0) is 17.1. The van der Waals surface area contributed by atoms with E-state index in [0.29, 0.717) is 31.3 Å². The molecule has 0 radical (unpaired) electrons. The second-order valence-electron chi connectivity index (χ2n) is 6.16. The number of hydrogen-bond donors (Lipinski definition) is 0. The fraction of sp³-hybridized carbons (Fsp3) is 0.389. The van der Waals surface area contributed by atoms with E-state index >= 15 is 0 Å². The Morgan fingerprint density at radius 3 is 2.33 bits per heavy atom. The normalized spacial score (nSPS) is 14.9. The molecule has 1 saturated heterocycles. The quantitative estimate of drug-likeness (QED) is 0.859. The number of amides is 1. The molecule has 3 rings (SSSR count). The maximum absolute atomic E-state index is 12.5. The summed E-state index contributed by atoms with van der Waals surface area (Å²) in [6, 6.07) is 6.42. The molecule has 1 amide bonds. The molecule has 0 atom stereocenters. The average molecular weight is 326 g/mol. The first-order valence-electron chi connectivity index (χ1n) is 8.01. The van der Waals surface area contributed by atoms with Crippen molar-refractivity contribution in [2.75, 3.05) is 31.6 Å². The highest BCUT2D eigenvalue weighted by molar-refractivity contribution is 5.82. The molecule has 0 aliphatic carbocycles. The third-order valence-electron chi connectivity index (χ3n) is 4.11. The first kappa shape index (κ1) is 16.2. The summed E-state index contributed by atoms with van der Waals surface area (Å²) in [7, 11) is 1.58. The van der Waals surface area contributed by atoms with Crippen LogP contribution in [0.25, 0.3) is 0 Å². The summed E-state index contributed by atoms with van der Waals surface area (Å²) < 4.78 is 5.06. The number of methoxy groups -OCH3 is 1. The van der Waals surface area contributed by atoms with E-state index in [4.69, 9.17) is 4.74 Å². The van der Waals surface area contributed by atoms with Gasteiger partial charge in [-0.3, -0.25) is 4.79 Å². The summed E-state index contributed by atoms with van der Waals surface area (Å²) in [5.41, 5.74) is 3.63. The van der Waals surface area contributed by atoms with E-state index in [9.17, 15) is 4.79 Å². The Kier molecular flexibility index (Phi) is 4.64. The zero-order valence-electron chi connectivity index (χ0n) is 14.3. The molecule has 0 saturated carbocycles. The predicted molar refractivity (Wildman–Crippen MR) is 92.1 cm³/mol. The standard InChI is InChI=1S/C18H22N4O2/c1-13-6-14(2)8-15(7-13)11-21-4-5-22(12-17(21)23)18-19-9-16(24-3)10-20-18/h6-10H,4-5,11-12H2,1-3H3. The number of rotatable bonds is 4. The molecule has 2 aromatic rings. The topological polar surface area (TPSA) is 58.6 Å². The number of aryl methyl sites for hydroxylation is 2. The highest BCUT2D eigenvalue weighted by Crippen LogP contribution is 2.17. The third-order valence-corrected chi connectivity index (χ3v) is 4.11. The van der Waals surface area contributed by atoms with Crippen molar-refractivity contribution < 1.29 is 9.53 Å². The van der Waals surface area contributed by atoms with Gasteiger partial charge >= 0.3 is 0 Å². The smallest absolute Gasteiger partial charge is 0.242 e. The van der Waals surface area contributed by atoms with Crippen LogP contribution in [0.1, 0.15) is 16.7 Å². The average Bonchev–Trinajstić information content (AvgIpc) is 2.56. The summed E-state index contributed by atoms with van der Waals surface area (Å²) >= 11 is 0. The van der Waals surface area contributed by atoms with Gasteiger partial charge < -0.3 is 14.5 Å². The van der Waals surface area contributed by atoms with Gasteiger partial charge in [-0.05, 0) is 19.4 Å². The van der Waals surface area contributed by atoms with Gasteiger partial charge in [0.1, 0.15) is 6.54 Å². The second kappa shape index (κ2) is 6.86.